The van der Waals surface area contributed by atoms with Gasteiger partial charge in [-0.25, -0.2) is 36.7 Å². The number of pyridine rings is 3. The number of hydrogen-bond acceptors (Lipinski definition) is 8. The second kappa shape index (κ2) is 11.5. The number of nitrogens with one attached hydrogen (secondary N) is 1. The lowest BCUT2D eigenvalue weighted by Crippen LogP contribution is -2.47. The summed E-state index contributed by atoms with van der Waals surface area (Å²) in [4.78, 5) is 28.8. The van der Waals surface area contributed by atoms with Crippen molar-refractivity contribution in [2.24, 2.45) is 0 Å². The number of hydrogen-bond donors (Lipinski definition) is 1. The Labute approximate surface area is 282 Å². The SMILES string of the molecule is CNC(=O)c1c(-c2ccc(F)nc2)nn2cc(N(C)S(C)(=O)=O)c(-c3ccc4nc(CN5CC(F)C5)n5c6cccc(F)c6cc5c4n3)cc12. The van der Waals surface area contributed by atoms with E-state index in [-0.39, 0.29) is 30.0 Å². The number of sulfonamides is 1. The molecule has 0 radical (unpaired) electrons. The predicted molar refractivity (Wildman–Crippen MR) is 182 cm³/mol. The summed E-state index contributed by atoms with van der Waals surface area (Å²) in [5, 5.41) is 7.57. The first kappa shape index (κ1) is 31.6. The maximum atomic E-state index is 15.1. The number of benzene rings is 1. The van der Waals surface area contributed by atoms with E-state index in [4.69, 9.17) is 9.97 Å². The molecule has 1 aromatic carbocycles. The molecule has 0 aliphatic carbocycles. The molecule has 6 aromatic heterocycles. The van der Waals surface area contributed by atoms with Crippen molar-refractivity contribution in [1.82, 2.24) is 39.2 Å². The van der Waals surface area contributed by atoms with E-state index >= 15 is 4.39 Å². The van der Waals surface area contributed by atoms with Gasteiger partial charge >= 0.3 is 0 Å². The smallest absolute Gasteiger partial charge is 0.255 e. The topological polar surface area (TPSA) is 130 Å². The van der Waals surface area contributed by atoms with Gasteiger partial charge in [-0.15, -0.1) is 0 Å². The number of carbonyl (C=O) groups is 1. The molecular formula is C34H28F3N9O3S. The molecule has 50 heavy (non-hydrogen) atoms. The number of carbonyl (C=O) groups excluding carboxylic acids is 1. The zero-order chi connectivity index (χ0) is 35.1. The van der Waals surface area contributed by atoms with Crippen LogP contribution < -0.4 is 9.62 Å². The summed E-state index contributed by atoms with van der Waals surface area (Å²) in [6.07, 6.45) is 2.89. The van der Waals surface area contributed by atoms with Gasteiger partial charge in [0.05, 0.1) is 58.0 Å². The average molecular weight is 700 g/mol. The van der Waals surface area contributed by atoms with Crippen molar-refractivity contribution in [2.45, 2.75) is 12.7 Å². The molecule has 1 aliphatic rings. The molecule has 1 fully saturated rings. The first-order valence-corrected chi connectivity index (χ1v) is 17.4. The van der Waals surface area contributed by atoms with E-state index in [0.29, 0.717) is 62.2 Å². The van der Waals surface area contributed by atoms with E-state index in [1.54, 1.807) is 36.4 Å². The highest BCUT2D eigenvalue weighted by molar-refractivity contribution is 7.92. The molecule has 7 heterocycles. The molecule has 1 amide bonds. The molecule has 12 nitrogen and oxygen atoms in total. The van der Waals surface area contributed by atoms with Gasteiger partial charge in [-0.1, -0.05) is 6.07 Å². The van der Waals surface area contributed by atoms with Crippen molar-refractivity contribution in [1.29, 1.82) is 0 Å². The van der Waals surface area contributed by atoms with Crippen molar-refractivity contribution in [3.8, 4) is 22.5 Å². The van der Waals surface area contributed by atoms with Crippen LogP contribution in [0.2, 0.25) is 0 Å². The van der Waals surface area contributed by atoms with E-state index in [2.05, 4.69) is 15.4 Å². The van der Waals surface area contributed by atoms with Gasteiger partial charge in [0.1, 0.15) is 29.0 Å². The van der Waals surface area contributed by atoms with Gasteiger partial charge in [0.15, 0.2) is 0 Å². The van der Waals surface area contributed by atoms with Crippen molar-refractivity contribution in [3.63, 3.8) is 0 Å². The fourth-order valence-electron chi connectivity index (χ4n) is 6.44. The molecule has 0 saturated carbocycles. The van der Waals surface area contributed by atoms with Crippen LogP contribution in [0.1, 0.15) is 16.2 Å². The third-order valence-electron chi connectivity index (χ3n) is 9.01. The summed E-state index contributed by atoms with van der Waals surface area (Å²) in [6.45, 7) is 0.887. The fourth-order valence-corrected chi connectivity index (χ4v) is 6.94. The Balaban J connectivity index is 1.40. The van der Waals surface area contributed by atoms with Crippen molar-refractivity contribution < 1.29 is 26.4 Å². The lowest BCUT2D eigenvalue weighted by Gasteiger charge is -2.34. The summed E-state index contributed by atoms with van der Waals surface area (Å²) in [5.74, 6) is -1.02. The minimum Gasteiger partial charge on any atom is -0.355 e. The molecule has 0 atom stereocenters. The van der Waals surface area contributed by atoms with Crippen molar-refractivity contribution in [3.05, 3.63) is 90.1 Å². The molecule has 0 bridgehead atoms. The quantitative estimate of drug-likeness (QED) is 0.239. The number of aromatic nitrogens is 6. The first-order chi connectivity index (χ1) is 23.9. The number of rotatable bonds is 7. The molecule has 7 aromatic rings. The van der Waals surface area contributed by atoms with Crippen molar-refractivity contribution >= 4 is 54.6 Å². The van der Waals surface area contributed by atoms with Crippen LogP contribution in [-0.4, -0.2) is 87.8 Å². The average Bonchev–Trinajstić information content (AvgIpc) is 3.66. The molecule has 1 N–H and O–H groups in total. The van der Waals surface area contributed by atoms with E-state index in [1.165, 1.54) is 43.1 Å². The zero-order valence-corrected chi connectivity index (χ0v) is 27.7. The number of alkyl halides is 1. The molecule has 1 aliphatic heterocycles. The molecule has 0 unspecified atom stereocenters. The minimum absolute atomic E-state index is 0.153. The summed E-state index contributed by atoms with van der Waals surface area (Å²) < 4.78 is 72.7. The Hall–Kier alpha value is -5.61. The van der Waals surface area contributed by atoms with Crippen molar-refractivity contribution in [2.75, 3.05) is 37.7 Å². The third-order valence-corrected chi connectivity index (χ3v) is 10.2. The molecular weight excluding hydrogens is 671 g/mol. The Morgan fingerprint density at radius 1 is 1.04 bits per heavy atom. The van der Waals surface area contributed by atoms with E-state index in [1.807, 2.05) is 9.30 Å². The number of amides is 1. The number of likely N-dealkylation sites (tertiary alicyclic amines) is 1. The Morgan fingerprint density at radius 3 is 2.54 bits per heavy atom. The molecule has 8 rings (SSSR count). The predicted octanol–water partition coefficient (Wildman–Crippen LogP) is 4.60. The minimum atomic E-state index is -3.81. The largest absolute Gasteiger partial charge is 0.355 e. The van der Waals surface area contributed by atoms with E-state index in [9.17, 15) is 22.0 Å². The Bertz CT molecular complexity index is 2640. The van der Waals surface area contributed by atoms with E-state index in [0.717, 1.165) is 16.6 Å². The van der Waals surface area contributed by atoms with Crippen LogP contribution in [0.3, 0.4) is 0 Å². The van der Waals surface area contributed by atoms with Crippen LogP contribution in [0.15, 0.2) is 67.0 Å². The van der Waals surface area contributed by atoms with Crippen LogP contribution in [0.5, 0.6) is 0 Å². The summed E-state index contributed by atoms with van der Waals surface area (Å²) in [5.41, 5.74) is 3.98. The number of fused-ring (bicyclic) bond motifs is 6. The Kier molecular flexibility index (Phi) is 7.27. The highest BCUT2D eigenvalue weighted by Gasteiger charge is 2.29. The molecule has 254 valence electrons. The van der Waals surface area contributed by atoms with Gasteiger partial charge in [-0.05, 0) is 48.5 Å². The van der Waals surface area contributed by atoms with Crippen LogP contribution in [-0.2, 0) is 16.6 Å². The van der Waals surface area contributed by atoms with Gasteiger partial charge in [0.2, 0.25) is 16.0 Å². The zero-order valence-electron chi connectivity index (χ0n) is 26.9. The van der Waals surface area contributed by atoms with Crippen LogP contribution in [0.4, 0.5) is 18.9 Å². The molecule has 0 spiro atoms. The highest BCUT2D eigenvalue weighted by Crippen LogP contribution is 2.37. The lowest BCUT2D eigenvalue weighted by molar-refractivity contribution is 0.0567. The second-order valence-corrected chi connectivity index (χ2v) is 14.2. The van der Waals surface area contributed by atoms with E-state index < -0.39 is 33.9 Å². The fraction of sp³-hybridized carbons (Fsp3) is 0.206. The summed E-state index contributed by atoms with van der Waals surface area (Å²) in [6, 6.07) is 14.1. The number of halogens is 3. The summed E-state index contributed by atoms with van der Waals surface area (Å²) >= 11 is 0. The maximum absolute atomic E-state index is 15.1. The standard InChI is InChI=1S/C34H28F3N9O3S/c1-38-34(47)31-26-12-21(28(43(2)50(3,48)49)16-45(26)42-32(31)18-7-10-29(37)39-13-18)23-8-9-24-33(41-23)27-11-20-22(36)5-4-6-25(20)46(27)30(40-24)17-44-14-19(35)15-44/h4-13,16,19H,14-15,17H2,1-3H3,(H,38,47). The Morgan fingerprint density at radius 2 is 1.84 bits per heavy atom. The lowest BCUT2D eigenvalue weighted by atomic mass is 10.0. The van der Waals surface area contributed by atoms with Crippen LogP contribution in [0, 0.1) is 11.8 Å². The van der Waals surface area contributed by atoms with Gasteiger partial charge in [0.25, 0.3) is 5.91 Å². The number of anilines is 1. The first-order valence-electron chi connectivity index (χ1n) is 15.5. The third kappa shape index (κ3) is 5.09. The van der Waals surface area contributed by atoms with Gasteiger partial charge in [-0.2, -0.15) is 9.49 Å². The normalized spacial score (nSPS) is 14.2. The molecule has 16 heteroatoms. The highest BCUT2D eigenvalue weighted by atomic mass is 32.2. The second-order valence-electron chi connectivity index (χ2n) is 12.2. The van der Waals surface area contributed by atoms with Gasteiger partial charge in [-0.3, -0.25) is 18.4 Å². The van der Waals surface area contributed by atoms with Gasteiger partial charge < -0.3 is 5.32 Å². The van der Waals surface area contributed by atoms with Crippen LogP contribution in [0.25, 0.3) is 55.5 Å². The van der Waals surface area contributed by atoms with Gasteiger partial charge in [0, 0.05) is 49.9 Å². The monoisotopic (exact) mass is 699 g/mol. The number of nitrogens with zero attached hydrogens (tertiary/aromatic N) is 8. The maximum Gasteiger partial charge on any atom is 0.255 e. The molecule has 1 saturated heterocycles. The van der Waals surface area contributed by atoms with Crippen LogP contribution >= 0.6 is 0 Å². The summed E-state index contributed by atoms with van der Waals surface area (Å²) in [7, 11) is -0.956.